The molecule has 0 aliphatic heterocycles. The fourth-order valence-corrected chi connectivity index (χ4v) is 1.18. The zero-order valence-electron chi connectivity index (χ0n) is 6.81. The molecule has 0 aliphatic carbocycles. The zero-order valence-corrected chi connectivity index (χ0v) is 7.57. The maximum atomic E-state index is 5.55. The first kappa shape index (κ1) is 8.25. The van der Waals surface area contributed by atoms with Gasteiger partial charge in [-0.2, -0.15) is 5.10 Å². The molecule has 1 N–H and O–H groups in total. The quantitative estimate of drug-likeness (QED) is 0.795. The van der Waals surface area contributed by atoms with Gasteiger partial charge in [-0.05, 0) is 17.7 Å². The minimum absolute atomic E-state index is 0.260. The number of nitrogens with one attached hydrogen (secondary N) is 1. The summed E-state index contributed by atoms with van der Waals surface area (Å²) < 4.78 is 1.83. The summed E-state index contributed by atoms with van der Waals surface area (Å²) in [5, 5.41) is 10.8. The molecule has 0 bridgehead atoms. The molecule has 0 unspecified atom stereocenters. The number of hydrogen-bond donors (Lipinski definition) is 1. The third kappa shape index (κ3) is 2.06. The molecule has 0 aromatic carbocycles. The Morgan fingerprint density at radius 2 is 2.46 bits per heavy atom. The molecule has 5 nitrogen and oxygen atoms in total. The van der Waals surface area contributed by atoms with E-state index in [-0.39, 0.29) is 5.28 Å². The van der Waals surface area contributed by atoms with Crippen LogP contribution >= 0.6 is 11.6 Å². The summed E-state index contributed by atoms with van der Waals surface area (Å²) in [5.74, 6) is 0.778. The largest absolute Gasteiger partial charge is 0.272 e. The van der Waals surface area contributed by atoms with E-state index in [0.717, 1.165) is 18.8 Å². The van der Waals surface area contributed by atoms with Crippen molar-refractivity contribution in [3.63, 3.8) is 0 Å². The molecule has 13 heavy (non-hydrogen) atoms. The second-order valence-electron chi connectivity index (χ2n) is 2.57. The summed E-state index contributed by atoms with van der Waals surface area (Å²) in [6.45, 7) is 0.776. The van der Waals surface area contributed by atoms with Crippen molar-refractivity contribution in [2.75, 3.05) is 0 Å². The van der Waals surface area contributed by atoms with Crippen molar-refractivity contribution in [2.45, 2.75) is 13.0 Å². The molecule has 2 heterocycles. The Kier molecular flexibility index (Phi) is 2.27. The fraction of sp³-hybridized carbons (Fsp3) is 0.286. The smallest absolute Gasteiger partial charge is 0.242 e. The number of hydrogen-bond acceptors (Lipinski definition) is 3. The summed E-state index contributed by atoms with van der Waals surface area (Å²) in [6, 6.07) is 1.88. The van der Waals surface area contributed by atoms with Gasteiger partial charge < -0.3 is 0 Å². The molecule has 0 amide bonds. The predicted octanol–water partition coefficient (Wildman–Crippen LogP) is 0.897. The third-order valence-corrected chi connectivity index (χ3v) is 1.81. The zero-order chi connectivity index (χ0) is 9.10. The average molecular weight is 198 g/mol. The number of H-pyrrole nitrogens is 1. The van der Waals surface area contributed by atoms with Crippen molar-refractivity contribution >= 4 is 11.6 Å². The minimum Gasteiger partial charge on any atom is -0.272 e. The second kappa shape index (κ2) is 3.57. The summed E-state index contributed by atoms with van der Waals surface area (Å²) >= 11 is 5.55. The van der Waals surface area contributed by atoms with Crippen LogP contribution in [0.15, 0.2) is 18.5 Å². The Hall–Kier alpha value is -1.36. The van der Waals surface area contributed by atoms with Crippen LogP contribution in [0, 0.1) is 0 Å². The van der Waals surface area contributed by atoms with E-state index in [0.29, 0.717) is 0 Å². The maximum Gasteiger partial charge on any atom is 0.242 e. The molecular weight excluding hydrogens is 190 g/mol. The van der Waals surface area contributed by atoms with Crippen molar-refractivity contribution in [1.29, 1.82) is 0 Å². The Morgan fingerprint density at radius 1 is 1.54 bits per heavy atom. The Labute approximate surface area is 79.7 Å². The van der Waals surface area contributed by atoms with E-state index in [2.05, 4.69) is 20.3 Å². The van der Waals surface area contributed by atoms with Gasteiger partial charge in [-0.25, -0.2) is 4.98 Å². The SMILES string of the molecule is Clc1n[nH]c(CCn2cccn2)n1. The molecule has 2 aromatic rings. The lowest BCUT2D eigenvalue weighted by Gasteiger charge is -1.96. The lowest BCUT2D eigenvalue weighted by Crippen LogP contribution is -2.02. The molecule has 0 atom stereocenters. The van der Waals surface area contributed by atoms with Crippen molar-refractivity contribution < 1.29 is 0 Å². The molecule has 2 aromatic heterocycles. The average Bonchev–Trinajstić information content (AvgIpc) is 2.71. The lowest BCUT2D eigenvalue weighted by molar-refractivity contribution is 0.601. The molecule has 0 fully saturated rings. The lowest BCUT2D eigenvalue weighted by atomic mass is 10.4. The van der Waals surface area contributed by atoms with Gasteiger partial charge in [0.2, 0.25) is 5.28 Å². The fourth-order valence-electron chi connectivity index (χ4n) is 1.04. The van der Waals surface area contributed by atoms with E-state index < -0.39 is 0 Å². The van der Waals surface area contributed by atoms with Gasteiger partial charge in [-0.3, -0.25) is 9.78 Å². The molecular formula is C7H8ClN5. The van der Waals surface area contributed by atoms with E-state index in [1.165, 1.54) is 0 Å². The first-order valence-electron chi connectivity index (χ1n) is 3.89. The minimum atomic E-state index is 0.260. The summed E-state index contributed by atoms with van der Waals surface area (Å²) in [4.78, 5) is 3.97. The van der Waals surface area contributed by atoms with Crippen LogP contribution in [-0.4, -0.2) is 25.0 Å². The first-order chi connectivity index (χ1) is 6.34. The molecule has 0 radical (unpaired) electrons. The van der Waals surface area contributed by atoms with Gasteiger partial charge in [0.15, 0.2) is 0 Å². The van der Waals surface area contributed by atoms with E-state index in [4.69, 9.17) is 11.6 Å². The summed E-state index contributed by atoms with van der Waals surface area (Å²) in [5.41, 5.74) is 0. The van der Waals surface area contributed by atoms with E-state index in [1.54, 1.807) is 6.20 Å². The van der Waals surface area contributed by atoms with Crippen LogP contribution in [0.4, 0.5) is 0 Å². The van der Waals surface area contributed by atoms with Gasteiger partial charge in [-0.1, -0.05) is 0 Å². The van der Waals surface area contributed by atoms with Crippen LogP contribution in [0.2, 0.25) is 5.28 Å². The van der Waals surface area contributed by atoms with Crippen molar-refractivity contribution in [2.24, 2.45) is 0 Å². The topological polar surface area (TPSA) is 59.4 Å². The first-order valence-corrected chi connectivity index (χ1v) is 4.26. The molecule has 0 spiro atoms. The molecule has 2 rings (SSSR count). The van der Waals surface area contributed by atoms with Crippen LogP contribution in [0.25, 0.3) is 0 Å². The second-order valence-corrected chi connectivity index (χ2v) is 2.91. The van der Waals surface area contributed by atoms with Crippen LogP contribution in [0.3, 0.4) is 0 Å². The molecule has 0 saturated heterocycles. The highest BCUT2D eigenvalue weighted by molar-refractivity contribution is 6.28. The Balaban J connectivity index is 1.93. The number of aromatic nitrogens is 5. The van der Waals surface area contributed by atoms with Gasteiger partial charge in [0.25, 0.3) is 0 Å². The van der Waals surface area contributed by atoms with Crippen LogP contribution in [-0.2, 0) is 13.0 Å². The highest BCUT2D eigenvalue weighted by atomic mass is 35.5. The molecule has 0 aliphatic rings. The van der Waals surface area contributed by atoms with Gasteiger partial charge in [0, 0.05) is 25.4 Å². The van der Waals surface area contributed by atoms with Crippen LogP contribution in [0.5, 0.6) is 0 Å². The van der Waals surface area contributed by atoms with Gasteiger partial charge >= 0.3 is 0 Å². The summed E-state index contributed by atoms with van der Waals surface area (Å²) in [6.07, 6.45) is 4.40. The van der Waals surface area contributed by atoms with E-state index in [9.17, 15) is 0 Å². The number of aryl methyl sites for hydroxylation is 2. The van der Waals surface area contributed by atoms with Crippen LogP contribution < -0.4 is 0 Å². The van der Waals surface area contributed by atoms with Crippen molar-refractivity contribution in [1.82, 2.24) is 25.0 Å². The maximum absolute atomic E-state index is 5.55. The standard InChI is InChI=1S/C7H8ClN5/c8-7-10-6(11-12-7)2-5-13-4-1-3-9-13/h1,3-4H,2,5H2,(H,10,11,12). The number of aromatic amines is 1. The number of rotatable bonds is 3. The number of nitrogens with zero attached hydrogens (tertiary/aromatic N) is 4. The van der Waals surface area contributed by atoms with E-state index in [1.807, 2.05) is 16.9 Å². The molecule has 6 heteroatoms. The number of halogens is 1. The Morgan fingerprint density at radius 3 is 3.08 bits per heavy atom. The highest BCUT2D eigenvalue weighted by Crippen LogP contribution is 2.00. The van der Waals surface area contributed by atoms with Crippen molar-refractivity contribution in [3.05, 3.63) is 29.6 Å². The molecule has 0 saturated carbocycles. The van der Waals surface area contributed by atoms with E-state index >= 15 is 0 Å². The highest BCUT2D eigenvalue weighted by Gasteiger charge is 1.99. The Bertz CT molecular complexity index is 366. The van der Waals surface area contributed by atoms with Gasteiger partial charge in [-0.15, -0.1) is 5.10 Å². The van der Waals surface area contributed by atoms with Gasteiger partial charge in [0.1, 0.15) is 5.82 Å². The molecule has 68 valence electrons. The third-order valence-electron chi connectivity index (χ3n) is 1.64. The van der Waals surface area contributed by atoms with Crippen LogP contribution in [0.1, 0.15) is 5.82 Å². The predicted molar refractivity (Wildman–Crippen MR) is 47.3 cm³/mol. The van der Waals surface area contributed by atoms with Gasteiger partial charge in [0.05, 0.1) is 0 Å². The normalized spacial score (nSPS) is 10.5. The summed E-state index contributed by atoms with van der Waals surface area (Å²) in [7, 11) is 0. The van der Waals surface area contributed by atoms with Crippen molar-refractivity contribution in [3.8, 4) is 0 Å². The monoisotopic (exact) mass is 197 g/mol.